The van der Waals surface area contributed by atoms with E-state index in [2.05, 4.69) is 29.0 Å². The second-order valence-electron chi connectivity index (χ2n) is 8.49. The topological polar surface area (TPSA) is 64.6 Å². The predicted molar refractivity (Wildman–Crippen MR) is 106 cm³/mol. The number of fused-ring (bicyclic) bond motifs is 1. The van der Waals surface area contributed by atoms with Gasteiger partial charge in [0.15, 0.2) is 11.5 Å². The second kappa shape index (κ2) is 7.41. The molecule has 1 saturated heterocycles. The van der Waals surface area contributed by atoms with Crippen molar-refractivity contribution in [2.45, 2.75) is 46.0 Å². The summed E-state index contributed by atoms with van der Waals surface area (Å²) in [5, 5.41) is 0. The second-order valence-corrected chi connectivity index (χ2v) is 8.49. The summed E-state index contributed by atoms with van der Waals surface area (Å²) in [7, 11) is 0. The Morgan fingerprint density at radius 2 is 1.96 bits per heavy atom. The Bertz CT molecular complexity index is 866. The lowest BCUT2D eigenvalue weighted by Gasteiger charge is -2.40. The molecule has 0 saturated carbocycles. The van der Waals surface area contributed by atoms with Crippen molar-refractivity contribution in [2.24, 2.45) is 5.41 Å². The van der Waals surface area contributed by atoms with Crippen molar-refractivity contribution >= 4 is 5.91 Å². The number of benzene rings is 1. The molecule has 2 aliphatic rings. The number of amides is 1. The monoisotopic (exact) mass is 381 g/mol. The number of carbonyl (C=O) groups excluding carboxylic acids is 1. The van der Waals surface area contributed by atoms with Crippen molar-refractivity contribution in [3.63, 3.8) is 0 Å². The molecule has 1 fully saturated rings. The summed E-state index contributed by atoms with van der Waals surface area (Å²) < 4.78 is 10.9. The number of hydrogen-bond acceptors (Lipinski definition) is 5. The highest BCUT2D eigenvalue weighted by atomic mass is 16.7. The molecular weight excluding hydrogens is 354 g/mol. The maximum absolute atomic E-state index is 13.0. The lowest BCUT2D eigenvalue weighted by Crippen LogP contribution is -2.45. The van der Waals surface area contributed by atoms with E-state index in [-0.39, 0.29) is 24.0 Å². The van der Waals surface area contributed by atoms with Crippen LogP contribution in [0, 0.1) is 5.41 Å². The minimum atomic E-state index is 0.0203. The summed E-state index contributed by atoms with van der Waals surface area (Å²) >= 11 is 0. The van der Waals surface area contributed by atoms with E-state index in [1.165, 1.54) is 5.56 Å². The third kappa shape index (κ3) is 3.81. The summed E-state index contributed by atoms with van der Waals surface area (Å²) in [5.74, 6) is 2.66. The van der Waals surface area contributed by atoms with E-state index in [0.29, 0.717) is 5.56 Å². The van der Waals surface area contributed by atoms with Crippen LogP contribution in [0.3, 0.4) is 0 Å². The quantitative estimate of drug-likeness (QED) is 0.806. The molecule has 0 spiro atoms. The molecule has 0 aliphatic carbocycles. The van der Waals surface area contributed by atoms with Crippen LogP contribution >= 0.6 is 0 Å². The zero-order valence-corrected chi connectivity index (χ0v) is 16.8. The zero-order chi connectivity index (χ0) is 19.7. The van der Waals surface area contributed by atoms with Crippen LogP contribution in [0.15, 0.2) is 30.6 Å². The van der Waals surface area contributed by atoms with E-state index in [1.807, 2.05) is 24.8 Å². The fraction of sp³-hybridized carbons (Fsp3) is 0.500. The lowest BCUT2D eigenvalue weighted by atomic mass is 9.76. The summed E-state index contributed by atoms with van der Waals surface area (Å²) in [6.07, 6.45) is 6.31. The molecule has 148 valence electrons. The molecule has 0 radical (unpaired) electrons. The van der Waals surface area contributed by atoms with Crippen LogP contribution in [-0.4, -0.2) is 40.7 Å². The van der Waals surface area contributed by atoms with Gasteiger partial charge in [0.25, 0.3) is 5.91 Å². The van der Waals surface area contributed by atoms with E-state index in [4.69, 9.17) is 9.47 Å². The van der Waals surface area contributed by atoms with E-state index in [9.17, 15) is 4.79 Å². The fourth-order valence-electron chi connectivity index (χ4n) is 4.11. The molecule has 4 rings (SSSR count). The molecule has 1 aromatic carbocycles. The summed E-state index contributed by atoms with van der Waals surface area (Å²) in [6.45, 7) is 8.14. The number of hydrogen-bond donors (Lipinski definition) is 0. The largest absolute Gasteiger partial charge is 0.454 e. The third-order valence-electron chi connectivity index (χ3n) is 5.57. The SMILES string of the molecule is CC(C)c1ncc(C(=O)N2CCCC(C)(Cc3ccc4c(c3)OCO4)C2)cn1. The van der Waals surface area contributed by atoms with Crippen molar-refractivity contribution in [3.8, 4) is 11.5 Å². The standard InChI is InChI=1S/C22H27N3O3/c1-15(2)20-23-11-17(12-24-20)21(26)25-8-4-7-22(3,13-25)10-16-5-6-18-19(9-16)28-14-27-18/h5-6,9,11-12,15H,4,7-8,10,13-14H2,1-3H3. The van der Waals surface area contributed by atoms with Crippen LogP contribution in [-0.2, 0) is 6.42 Å². The summed E-state index contributed by atoms with van der Waals surface area (Å²) in [6, 6.07) is 6.13. The molecular formula is C22H27N3O3. The van der Waals surface area contributed by atoms with Gasteiger partial charge in [-0.05, 0) is 42.4 Å². The first-order chi connectivity index (χ1) is 13.4. The van der Waals surface area contributed by atoms with Crippen LogP contribution in [0.25, 0.3) is 0 Å². The molecule has 6 heteroatoms. The number of carbonyl (C=O) groups is 1. The predicted octanol–water partition coefficient (Wildman–Crippen LogP) is 3.81. The van der Waals surface area contributed by atoms with Gasteiger partial charge >= 0.3 is 0 Å². The van der Waals surface area contributed by atoms with E-state index < -0.39 is 0 Å². The minimum Gasteiger partial charge on any atom is -0.454 e. The van der Waals surface area contributed by atoms with E-state index in [0.717, 1.165) is 49.7 Å². The highest BCUT2D eigenvalue weighted by Gasteiger charge is 2.34. The van der Waals surface area contributed by atoms with Crippen LogP contribution in [0.5, 0.6) is 11.5 Å². The number of likely N-dealkylation sites (tertiary alicyclic amines) is 1. The van der Waals surface area contributed by atoms with Gasteiger partial charge in [-0.1, -0.05) is 26.8 Å². The van der Waals surface area contributed by atoms with Crippen molar-refractivity contribution in [3.05, 3.63) is 47.5 Å². The number of aromatic nitrogens is 2. The average molecular weight is 381 g/mol. The van der Waals surface area contributed by atoms with Crippen LogP contribution in [0.1, 0.15) is 61.3 Å². The molecule has 2 aromatic rings. The van der Waals surface area contributed by atoms with E-state index in [1.54, 1.807) is 12.4 Å². The maximum atomic E-state index is 13.0. The van der Waals surface area contributed by atoms with Crippen LogP contribution in [0.2, 0.25) is 0 Å². The Labute approximate surface area is 165 Å². The maximum Gasteiger partial charge on any atom is 0.257 e. The fourth-order valence-corrected chi connectivity index (χ4v) is 4.11. The Kier molecular flexibility index (Phi) is 4.96. The number of piperidine rings is 1. The van der Waals surface area contributed by atoms with Crippen molar-refractivity contribution in [1.82, 2.24) is 14.9 Å². The average Bonchev–Trinajstić information content (AvgIpc) is 3.15. The Morgan fingerprint density at radius 3 is 2.71 bits per heavy atom. The molecule has 1 aromatic heterocycles. The van der Waals surface area contributed by atoms with Gasteiger partial charge in [-0.3, -0.25) is 4.79 Å². The smallest absolute Gasteiger partial charge is 0.257 e. The molecule has 28 heavy (non-hydrogen) atoms. The molecule has 2 aliphatic heterocycles. The number of rotatable bonds is 4. The van der Waals surface area contributed by atoms with E-state index >= 15 is 0 Å². The van der Waals surface area contributed by atoms with Crippen molar-refractivity contribution in [2.75, 3.05) is 19.9 Å². The normalized spacial score (nSPS) is 21.2. The van der Waals surface area contributed by atoms with Gasteiger partial charge in [-0.2, -0.15) is 0 Å². The molecule has 0 bridgehead atoms. The molecule has 1 amide bonds. The number of nitrogens with zero attached hydrogens (tertiary/aromatic N) is 3. The lowest BCUT2D eigenvalue weighted by molar-refractivity contribution is 0.0549. The molecule has 0 N–H and O–H groups in total. The molecule has 1 atom stereocenters. The highest BCUT2D eigenvalue weighted by Crippen LogP contribution is 2.37. The van der Waals surface area contributed by atoms with Gasteiger partial charge in [0, 0.05) is 31.4 Å². The first kappa shape index (κ1) is 18.7. The van der Waals surface area contributed by atoms with Crippen LogP contribution in [0.4, 0.5) is 0 Å². The Hall–Kier alpha value is -2.63. The van der Waals surface area contributed by atoms with Gasteiger partial charge in [-0.15, -0.1) is 0 Å². The summed E-state index contributed by atoms with van der Waals surface area (Å²) in [4.78, 5) is 23.6. The van der Waals surface area contributed by atoms with Crippen molar-refractivity contribution < 1.29 is 14.3 Å². The van der Waals surface area contributed by atoms with Gasteiger partial charge in [-0.25, -0.2) is 9.97 Å². The minimum absolute atomic E-state index is 0.0203. The van der Waals surface area contributed by atoms with Crippen LogP contribution < -0.4 is 9.47 Å². The summed E-state index contributed by atoms with van der Waals surface area (Å²) in [5.41, 5.74) is 1.81. The molecule has 6 nitrogen and oxygen atoms in total. The Balaban J connectivity index is 1.46. The molecule has 1 unspecified atom stereocenters. The molecule has 3 heterocycles. The first-order valence-electron chi connectivity index (χ1n) is 9.93. The van der Waals surface area contributed by atoms with Gasteiger partial charge < -0.3 is 14.4 Å². The number of ether oxygens (including phenoxy) is 2. The highest BCUT2D eigenvalue weighted by molar-refractivity contribution is 5.93. The zero-order valence-electron chi connectivity index (χ0n) is 16.8. The Morgan fingerprint density at radius 1 is 1.21 bits per heavy atom. The van der Waals surface area contributed by atoms with Gasteiger partial charge in [0.1, 0.15) is 5.82 Å². The van der Waals surface area contributed by atoms with Gasteiger partial charge in [0.05, 0.1) is 5.56 Å². The van der Waals surface area contributed by atoms with Crippen molar-refractivity contribution in [1.29, 1.82) is 0 Å². The third-order valence-corrected chi connectivity index (χ3v) is 5.57. The van der Waals surface area contributed by atoms with Gasteiger partial charge in [0.2, 0.25) is 6.79 Å². The first-order valence-corrected chi connectivity index (χ1v) is 9.93.